The van der Waals surface area contributed by atoms with Crippen LogP contribution in [-0.2, 0) is 0 Å². The molecule has 7 nitrogen and oxygen atoms in total. The maximum absolute atomic E-state index is 11.3. The summed E-state index contributed by atoms with van der Waals surface area (Å²) in [7, 11) is 0. The van der Waals surface area contributed by atoms with Crippen LogP contribution in [0.3, 0.4) is 0 Å². The number of aromatic nitrogens is 1. The first kappa shape index (κ1) is 13.5. The lowest BCUT2D eigenvalue weighted by Crippen LogP contribution is -2.28. The van der Waals surface area contributed by atoms with E-state index < -0.39 is 4.92 Å². The van der Waals surface area contributed by atoms with Gasteiger partial charge in [0.05, 0.1) is 15.1 Å². The second-order valence-electron chi connectivity index (χ2n) is 3.53. The Morgan fingerprint density at radius 3 is 2.95 bits per heavy atom. The summed E-state index contributed by atoms with van der Waals surface area (Å²) in [5.41, 5.74) is 0.219. The van der Waals surface area contributed by atoms with Crippen LogP contribution in [0.2, 0.25) is 5.02 Å². The normalized spacial score (nSPS) is 10.4. The molecule has 1 aromatic heterocycles. The van der Waals surface area contributed by atoms with Gasteiger partial charge in [0.2, 0.25) is 0 Å². The molecule has 1 heterocycles. The van der Waals surface area contributed by atoms with E-state index in [1.165, 1.54) is 23.5 Å². The summed E-state index contributed by atoms with van der Waals surface area (Å²) in [4.78, 5) is 25.6. The van der Waals surface area contributed by atoms with Crippen LogP contribution in [-0.4, -0.2) is 22.5 Å². The number of halogens is 1. The van der Waals surface area contributed by atoms with E-state index in [0.29, 0.717) is 21.9 Å². The van der Waals surface area contributed by atoms with Gasteiger partial charge in [-0.2, -0.15) is 0 Å². The fraction of sp³-hybridized carbons (Fsp3) is 0.200. The first-order valence-corrected chi connectivity index (χ1v) is 6.50. The summed E-state index contributed by atoms with van der Waals surface area (Å²) >= 11 is 7.00. The number of benzene rings is 1. The zero-order chi connectivity index (χ0) is 14.0. The summed E-state index contributed by atoms with van der Waals surface area (Å²) in [5.74, 6) is 0. The Labute approximate surface area is 116 Å². The third-order valence-electron chi connectivity index (χ3n) is 2.21. The van der Waals surface area contributed by atoms with Gasteiger partial charge in [-0.1, -0.05) is 22.9 Å². The van der Waals surface area contributed by atoms with Crippen LogP contribution in [0.4, 0.5) is 15.6 Å². The van der Waals surface area contributed by atoms with Gasteiger partial charge in [0, 0.05) is 12.6 Å². The standard InChI is InChI=1S/C10H9ClN4O3S/c1-2-12-9(16)14-10-13-6-4-7(15(17)18)5(11)3-8(6)19-10/h3-4H,2H2,1H3,(H2,12,13,14,16). The maximum Gasteiger partial charge on any atom is 0.321 e. The third kappa shape index (κ3) is 2.91. The molecule has 2 amide bonds. The average molecular weight is 301 g/mol. The van der Waals surface area contributed by atoms with E-state index in [0.717, 1.165) is 0 Å². The number of carbonyl (C=O) groups excluding carboxylic acids is 1. The minimum atomic E-state index is -0.571. The van der Waals surface area contributed by atoms with Crippen LogP contribution in [0.1, 0.15) is 6.92 Å². The molecular formula is C10H9ClN4O3S. The van der Waals surface area contributed by atoms with Gasteiger partial charge in [-0.3, -0.25) is 15.4 Å². The number of carbonyl (C=O) groups is 1. The lowest BCUT2D eigenvalue weighted by Gasteiger charge is -2.00. The Kier molecular flexibility index (Phi) is 3.82. The highest BCUT2D eigenvalue weighted by atomic mass is 35.5. The lowest BCUT2D eigenvalue weighted by atomic mass is 10.3. The molecule has 2 N–H and O–H groups in total. The van der Waals surface area contributed by atoms with Crippen molar-refractivity contribution in [2.24, 2.45) is 0 Å². The number of anilines is 1. The predicted molar refractivity (Wildman–Crippen MR) is 74.0 cm³/mol. The monoisotopic (exact) mass is 300 g/mol. The third-order valence-corrected chi connectivity index (χ3v) is 3.45. The average Bonchev–Trinajstić information content (AvgIpc) is 2.68. The molecule has 19 heavy (non-hydrogen) atoms. The minimum absolute atomic E-state index is 0.0470. The van der Waals surface area contributed by atoms with E-state index in [1.807, 2.05) is 0 Å². The highest BCUT2D eigenvalue weighted by Gasteiger charge is 2.16. The number of nitro groups is 1. The number of amides is 2. The summed E-state index contributed by atoms with van der Waals surface area (Å²) in [6.07, 6.45) is 0. The van der Waals surface area contributed by atoms with Crippen molar-refractivity contribution in [3.8, 4) is 0 Å². The number of hydrogen-bond donors (Lipinski definition) is 2. The lowest BCUT2D eigenvalue weighted by molar-refractivity contribution is -0.384. The quantitative estimate of drug-likeness (QED) is 0.672. The van der Waals surface area contributed by atoms with Crippen molar-refractivity contribution < 1.29 is 9.72 Å². The molecule has 0 aliphatic heterocycles. The van der Waals surface area contributed by atoms with Gasteiger partial charge in [0.15, 0.2) is 5.13 Å². The minimum Gasteiger partial charge on any atom is -0.338 e. The molecule has 2 rings (SSSR count). The fourth-order valence-electron chi connectivity index (χ4n) is 1.43. The zero-order valence-corrected chi connectivity index (χ0v) is 11.3. The highest BCUT2D eigenvalue weighted by molar-refractivity contribution is 7.22. The number of nitrogens with zero attached hydrogens (tertiary/aromatic N) is 2. The van der Waals surface area contributed by atoms with Gasteiger partial charge in [-0.05, 0) is 13.0 Å². The maximum atomic E-state index is 11.3. The Balaban J connectivity index is 2.35. The van der Waals surface area contributed by atoms with E-state index in [1.54, 1.807) is 6.92 Å². The van der Waals surface area contributed by atoms with E-state index in [9.17, 15) is 14.9 Å². The molecule has 0 atom stereocenters. The van der Waals surface area contributed by atoms with Gasteiger partial charge in [0.25, 0.3) is 5.69 Å². The molecule has 0 spiro atoms. The first-order valence-electron chi connectivity index (χ1n) is 5.30. The van der Waals surface area contributed by atoms with Gasteiger partial charge in [-0.15, -0.1) is 0 Å². The van der Waals surface area contributed by atoms with Crippen LogP contribution in [0.25, 0.3) is 10.2 Å². The fourth-order valence-corrected chi connectivity index (χ4v) is 2.61. The molecule has 1 aromatic carbocycles. The Morgan fingerprint density at radius 2 is 2.32 bits per heavy atom. The Hall–Kier alpha value is -1.93. The number of hydrogen-bond acceptors (Lipinski definition) is 5. The van der Waals surface area contributed by atoms with E-state index in [4.69, 9.17) is 11.6 Å². The summed E-state index contributed by atoms with van der Waals surface area (Å²) in [6.45, 7) is 2.29. The largest absolute Gasteiger partial charge is 0.338 e. The number of nitrogens with one attached hydrogen (secondary N) is 2. The molecule has 0 saturated heterocycles. The van der Waals surface area contributed by atoms with Gasteiger partial charge >= 0.3 is 6.03 Å². The van der Waals surface area contributed by atoms with Crippen molar-refractivity contribution in [3.05, 3.63) is 27.3 Å². The molecule has 2 aromatic rings. The molecule has 100 valence electrons. The molecule has 0 aliphatic rings. The Morgan fingerprint density at radius 1 is 1.58 bits per heavy atom. The molecule has 9 heteroatoms. The highest BCUT2D eigenvalue weighted by Crippen LogP contribution is 2.34. The van der Waals surface area contributed by atoms with Crippen LogP contribution < -0.4 is 10.6 Å². The SMILES string of the molecule is CCNC(=O)Nc1nc2cc([N+](=O)[O-])c(Cl)cc2s1. The van der Waals surface area contributed by atoms with E-state index in [2.05, 4.69) is 15.6 Å². The number of fused-ring (bicyclic) bond motifs is 1. The molecule has 0 radical (unpaired) electrons. The molecule has 0 unspecified atom stereocenters. The van der Waals surface area contributed by atoms with Crippen LogP contribution in [0.5, 0.6) is 0 Å². The van der Waals surface area contributed by atoms with E-state index in [-0.39, 0.29) is 16.7 Å². The van der Waals surface area contributed by atoms with Crippen molar-refractivity contribution in [2.45, 2.75) is 6.92 Å². The summed E-state index contributed by atoms with van der Waals surface area (Å²) in [6, 6.07) is 2.38. The van der Waals surface area contributed by atoms with Gasteiger partial charge in [-0.25, -0.2) is 9.78 Å². The predicted octanol–water partition coefficient (Wildman–Crippen LogP) is 3.00. The number of thiazole rings is 1. The molecule has 0 saturated carbocycles. The van der Waals surface area contributed by atoms with Crippen LogP contribution in [0, 0.1) is 10.1 Å². The molecule has 0 aliphatic carbocycles. The van der Waals surface area contributed by atoms with Crippen LogP contribution >= 0.6 is 22.9 Å². The van der Waals surface area contributed by atoms with Crippen molar-refractivity contribution in [2.75, 3.05) is 11.9 Å². The smallest absolute Gasteiger partial charge is 0.321 e. The van der Waals surface area contributed by atoms with Crippen molar-refractivity contribution in [1.29, 1.82) is 0 Å². The van der Waals surface area contributed by atoms with E-state index >= 15 is 0 Å². The van der Waals surface area contributed by atoms with Gasteiger partial charge < -0.3 is 5.32 Å². The van der Waals surface area contributed by atoms with Gasteiger partial charge in [0.1, 0.15) is 5.02 Å². The molecule has 0 bridgehead atoms. The van der Waals surface area contributed by atoms with Crippen molar-refractivity contribution in [1.82, 2.24) is 10.3 Å². The van der Waals surface area contributed by atoms with Crippen molar-refractivity contribution in [3.63, 3.8) is 0 Å². The number of rotatable bonds is 3. The van der Waals surface area contributed by atoms with Crippen LogP contribution in [0.15, 0.2) is 12.1 Å². The van der Waals surface area contributed by atoms with Crippen molar-refractivity contribution >= 4 is 50.0 Å². The summed E-state index contributed by atoms with van der Waals surface area (Å²) < 4.78 is 0.669. The Bertz CT molecular complexity index is 658. The first-order chi connectivity index (χ1) is 9.01. The second kappa shape index (κ2) is 5.37. The topological polar surface area (TPSA) is 97.2 Å². The summed E-state index contributed by atoms with van der Waals surface area (Å²) in [5, 5.41) is 16.3. The molecular weight excluding hydrogens is 292 g/mol. The molecule has 0 fully saturated rings. The zero-order valence-electron chi connectivity index (χ0n) is 9.77. The second-order valence-corrected chi connectivity index (χ2v) is 4.97. The number of urea groups is 1. The number of nitro benzene ring substituents is 1.